The van der Waals surface area contributed by atoms with E-state index in [0.29, 0.717) is 25.6 Å². The smallest absolute Gasteiger partial charge is 0.409 e. The van der Waals surface area contributed by atoms with Gasteiger partial charge in [0.15, 0.2) is 0 Å². The SMILES string of the molecule is CC(C)COC(=O)N1CCCN(CC(C)(C)O)CC1. The lowest BCUT2D eigenvalue weighted by atomic mass is 10.1. The molecule has 1 heterocycles. The number of nitrogens with zero attached hydrogens (tertiary/aromatic N) is 2. The number of amides is 1. The number of aliphatic hydroxyl groups is 1. The Labute approximate surface area is 116 Å². The van der Waals surface area contributed by atoms with Crippen LogP contribution in [-0.4, -0.2) is 65.9 Å². The van der Waals surface area contributed by atoms with Crippen molar-refractivity contribution < 1.29 is 14.6 Å². The number of β-amino-alcohol motifs (C(OH)–C–C–N with tert-alkyl or cyclic N) is 1. The number of carbonyl (C=O) groups excluding carboxylic acids is 1. The summed E-state index contributed by atoms with van der Waals surface area (Å²) in [5.74, 6) is 0.364. The van der Waals surface area contributed by atoms with Crippen LogP contribution in [0.2, 0.25) is 0 Å². The maximum absolute atomic E-state index is 11.9. The predicted octanol–water partition coefficient (Wildman–Crippen LogP) is 1.56. The monoisotopic (exact) mass is 272 g/mol. The molecule has 0 aromatic heterocycles. The van der Waals surface area contributed by atoms with Crippen LogP contribution in [0.25, 0.3) is 0 Å². The molecule has 1 aliphatic heterocycles. The van der Waals surface area contributed by atoms with Crippen molar-refractivity contribution in [3.8, 4) is 0 Å². The van der Waals surface area contributed by atoms with Crippen LogP contribution in [0.3, 0.4) is 0 Å². The fourth-order valence-corrected chi connectivity index (χ4v) is 2.19. The van der Waals surface area contributed by atoms with Gasteiger partial charge in [0.1, 0.15) is 0 Å². The zero-order chi connectivity index (χ0) is 14.5. The minimum Gasteiger partial charge on any atom is -0.449 e. The van der Waals surface area contributed by atoms with Crippen LogP contribution in [0, 0.1) is 5.92 Å². The Morgan fingerprint density at radius 1 is 1.26 bits per heavy atom. The van der Waals surface area contributed by atoms with E-state index in [1.807, 2.05) is 27.7 Å². The Kier molecular flexibility index (Phi) is 6.07. The standard InChI is InChI=1S/C14H28N2O3/c1-12(2)10-19-13(17)16-7-5-6-15(8-9-16)11-14(3,4)18/h12,18H,5-11H2,1-4H3. The molecule has 1 N–H and O–H groups in total. The highest BCUT2D eigenvalue weighted by Crippen LogP contribution is 2.10. The van der Waals surface area contributed by atoms with Crippen LogP contribution < -0.4 is 0 Å². The number of carbonyl (C=O) groups is 1. The van der Waals surface area contributed by atoms with Crippen LogP contribution >= 0.6 is 0 Å². The van der Waals surface area contributed by atoms with Gasteiger partial charge in [-0.15, -0.1) is 0 Å². The second-order valence-electron chi connectivity index (χ2n) is 6.40. The summed E-state index contributed by atoms with van der Waals surface area (Å²) in [6, 6.07) is 0. The molecule has 1 saturated heterocycles. The summed E-state index contributed by atoms with van der Waals surface area (Å²) >= 11 is 0. The highest BCUT2D eigenvalue weighted by molar-refractivity contribution is 5.67. The molecule has 0 aliphatic carbocycles. The van der Waals surface area contributed by atoms with Gasteiger partial charge < -0.3 is 14.7 Å². The number of hydrogen-bond donors (Lipinski definition) is 1. The second kappa shape index (κ2) is 7.10. The fraction of sp³-hybridized carbons (Fsp3) is 0.929. The Morgan fingerprint density at radius 3 is 2.53 bits per heavy atom. The largest absolute Gasteiger partial charge is 0.449 e. The zero-order valence-electron chi connectivity index (χ0n) is 12.7. The fourth-order valence-electron chi connectivity index (χ4n) is 2.19. The average Bonchev–Trinajstić information content (AvgIpc) is 2.49. The van der Waals surface area contributed by atoms with E-state index >= 15 is 0 Å². The summed E-state index contributed by atoms with van der Waals surface area (Å²) in [4.78, 5) is 15.9. The normalized spacial score (nSPS) is 18.5. The molecule has 0 spiro atoms. The van der Waals surface area contributed by atoms with E-state index in [-0.39, 0.29) is 6.09 Å². The van der Waals surface area contributed by atoms with E-state index in [4.69, 9.17) is 4.74 Å². The van der Waals surface area contributed by atoms with Crippen molar-refractivity contribution in [1.29, 1.82) is 0 Å². The third kappa shape index (κ3) is 6.78. The van der Waals surface area contributed by atoms with Gasteiger partial charge in [0.25, 0.3) is 0 Å². The Hall–Kier alpha value is -0.810. The summed E-state index contributed by atoms with van der Waals surface area (Å²) in [5, 5.41) is 9.84. The third-order valence-electron chi connectivity index (χ3n) is 3.00. The van der Waals surface area contributed by atoms with Gasteiger partial charge in [0.05, 0.1) is 12.2 Å². The van der Waals surface area contributed by atoms with E-state index in [9.17, 15) is 9.90 Å². The van der Waals surface area contributed by atoms with Gasteiger partial charge in [0.2, 0.25) is 0 Å². The van der Waals surface area contributed by atoms with Crippen molar-refractivity contribution in [3.05, 3.63) is 0 Å². The van der Waals surface area contributed by atoms with E-state index in [2.05, 4.69) is 4.90 Å². The molecule has 0 saturated carbocycles. The van der Waals surface area contributed by atoms with Crippen molar-refractivity contribution >= 4 is 6.09 Å². The van der Waals surface area contributed by atoms with Crippen molar-refractivity contribution in [3.63, 3.8) is 0 Å². The van der Waals surface area contributed by atoms with Gasteiger partial charge in [-0.25, -0.2) is 4.79 Å². The first-order valence-corrected chi connectivity index (χ1v) is 7.14. The maximum atomic E-state index is 11.9. The Balaban J connectivity index is 2.39. The van der Waals surface area contributed by atoms with Crippen molar-refractivity contribution in [2.45, 2.75) is 39.7 Å². The molecule has 0 atom stereocenters. The van der Waals surface area contributed by atoms with Crippen molar-refractivity contribution in [2.24, 2.45) is 5.92 Å². The highest BCUT2D eigenvalue weighted by Gasteiger charge is 2.23. The van der Waals surface area contributed by atoms with Crippen LogP contribution in [0.1, 0.15) is 34.1 Å². The average molecular weight is 272 g/mol. The molecule has 1 fully saturated rings. The zero-order valence-corrected chi connectivity index (χ0v) is 12.7. The van der Waals surface area contributed by atoms with Gasteiger partial charge in [-0.3, -0.25) is 4.90 Å². The molecule has 0 aromatic rings. The van der Waals surface area contributed by atoms with Gasteiger partial charge in [-0.1, -0.05) is 13.8 Å². The first-order valence-electron chi connectivity index (χ1n) is 7.14. The van der Waals surface area contributed by atoms with Crippen LogP contribution in [0.4, 0.5) is 4.79 Å². The van der Waals surface area contributed by atoms with E-state index in [0.717, 1.165) is 26.1 Å². The number of ether oxygens (including phenoxy) is 1. The molecule has 0 bridgehead atoms. The molecule has 5 nitrogen and oxygen atoms in total. The number of hydrogen-bond acceptors (Lipinski definition) is 4. The van der Waals surface area contributed by atoms with Crippen molar-refractivity contribution in [1.82, 2.24) is 9.80 Å². The molecule has 5 heteroatoms. The van der Waals surface area contributed by atoms with Crippen LogP contribution in [-0.2, 0) is 4.74 Å². The summed E-state index contributed by atoms with van der Waals surface area (Å²) < 4.78 is 5.25. The highest BCUT2D eigenvalue weighted by atomic mass is 16.6. The Bertz CT molecular complexity index is 287. The van der Waals surface area contributed by atoms with Gasteiger partial charge in [-0.05, 0) is 26.2 Å². The second-order valence-corrected chi connectivity index (χ2v) is 6.40. The molecule has 112 valence electrons. The predicted molar refractivity (Wildman–Crippen MR) is 75.1 cm³/mol. The molecule has 1 amide bonds. The minimum absolute atomic E-state index is 0.209. The summed E-state index contributed by atoms with van der Waals surface area (Å²) in [6.07, 6.45) is 0.714. The van der Waals surface area contributed by atoms with Crippen LogP contribution in [0.5, 0.6) is 0 Å². The summed E-state index contributed by atoms with van der Waals surface area (Å²) in [7, 11) is 0. The third-order valence-corrected chi connectivity index (χ3v) is 3.00. The number of rotatable bonds is 4. The topological polar surface area (TPSA) is 53.0 Å². The van der Waals surface area contributed by atoms with Gasteiger partial charge >= 0.3 is 6.09 Å². The van der Waals surface area contributed by atoms with Crippen LogP contribution in [0.15, 0.2) is 0 Å². The van der Waals surface area contributed by atoms with Gasteiger partial charge in [-0.2, -0.15) is 0 Å². The minimum atomic E-state index is -0.687. The first-order chi connectivity index (χ1) is 8.78. The quantitative estimate of drug-likeness (QED) is 0.844. The molecular weight excluding hydrogens is 244 g/mol. The lowest BCUT2D eigenvalue weighted by Gasteiger charge is -2.27. The molecule has 1 aliphatic rings. The first kappa shape index (κ1) is 16.2. The molecule has 0 radical (unpaired) electrons. The molecule has 0 unspecified atom stereocenters. The summed E-state index contributed by atoms with van der Waals surface area (Å²) in [5.41, 5.74) is -0.687. The summed E-state index contributed by atoms with van der Waals surface area (Å²) in [6.45, 7) is 11.9. The lowest BCUT2D eigenvalue weighted by Crippen LogP contribution is -2.41. The van der Waals surface area contributed by atoms with E-state index < -0.39 is 5.60 Å². The molecule has 0 aromatic carbocycles. The molecule has 19 heavy (non-hydrogen) atoms. The van der Waals surface area contributed by atoms with E-state index in [1.54, 1.807) is 4.90 Å². The van der Waals surface area contributed by atoms with Crippen molar-refractivity contribution in [2.75, 3.05) is 39.3 Å². The van der Waals surface area contributed by atoms with E-state index in [1.165, 1.54) is 0 Å². The molecule has 1 rings (SSSR count). The maximum Gasteiger partial charge on any atom is 0.409 e. The Morgan fingerprint density at radius 2 is 1.95 bits per heavy atom. The lowest BCUT2D eigenvalue weighted by molar-refractivity contribution is 0.0372. The van der Waals surface area contributed by atoms with Gasteiger partial charge in [0, 0.05) is 32.7 Å². The molecular formula is C14H28N2O3.